The maximum absolute atomic E-state index is 12.1. The largest absolute Gasteiger partial charge is 0.484 e. The van der Waals surface area contributed by atoms with Crippen LogP contribution in [0.1, 0.15) is 31.2 Å². The Morgan fingerprint density at radius 2 is 1.95 bits per heavy atom. The fourth-order valence-corrected chi connectivity index (χ4v) is 2.32. The Bertz CT molecular complexity index is 412. The van der Waals surface area contributed by atoms with Crippen LogP contribution >= 0.6 is 0 Å². The number of carbonyl (C=O) groups excluding carboxylic acids is 1. The van der Waals surface area contributed by atoms with Crippen molar-refractivity contribution in [2.45, 2.75) is 32.2 Å². The molecule has 0 radical (unpaired) electrons. The summed E-state index contributed by atoms with van der Waals surface area (Å²) in [5.74, 6) is 0.797. The Balaban J connectivity index is 1.84. The average molecular weight is 262 g/mol. The van der Waals surface area contributed by atoms with E-state index in [-0.39, 0.29) is 12.5 Å². The van der Waals surface area contributed by atoms with Gasteiger partial charge < -0.3 is 15.4 Å². The molecule has 1 aromatic carbocycles. The second-order valence-electron chi connectivity index (χ2n) is 4.94. The van der Waals surface area contributed by atoms with E-state index in [4.69, 9.17) is 10.5 Å². The number of nitrogens with zero attached hydrogens (tertiary/aromatic N) is 1. The van der Waals surface area contributed by atoms with Crippen LogP contribution in [0.15, 0.2) is 24.3 Å². The summed E-state index contributed by atoms with van der Waals surface area (Å²) >= 11 is 0. The number of likely N-dealkylation sites (tertiary alicyclic amines) is 1. The van der Waals surface area contributed by atoms with E-state index in [9.17, 15) is 4.79 Å². The lowest BCUT2D eigenvalue weighted by Gasteiger charge is -2.20. The zero-order valence-corrected chi connectivity index (χ0v) is 11.3. The molecule has 1 amide bonds. The third kappa shape index (κ3) is 4.24. The number of ether oxygens (including phenoxy) is 1. The highest BCUT2D eigenvalue weighted by Gasteiger charge is 2.15. The number of hydrogen-bond acceptors (Lipinski definition) is 3. The second kappa shape index (κ2) is 7.14. The predicted molar refractivity (Wildman–Crippen MR) is 74.9 cm³/mol. The van der Waals surface area contributed by atoms with Crippen LogP contribution < -0.4 is 10.5 Å². The summed E-state index contributed by atoms with van der Waals surface area (Å²) in [6.07, 6.45) is 4.66. The van der Waals surface area contributed by atoms with Gasteiger partial charge in [0.25, 0.3) is 5.91 Å². The summed E-state index contributed by atoms with van der Waals surface area (Å²) in [6.45, 7) is 2.33. The quantitative estimate of drug-likeness (QED) is 0.902. The van der Waals surface area contributed by atoms with Gasteiger partial charge in [0.1, 0.15) is 5.75 Å². The van der Waals surface area contributed by atoms with Crippen molar-refractivity contribution in [2.24, 2.45) is 5.73 Å². The highest BCUT2D eigenvalue weighted by molar-refractivity contribution is 5.77. The van der Waals surface area contributed by atoms with E-state index in [0.29, 0.717) is 12.3 Å². The average Bonchev–Trinajstić information content (AvgIpc) is 2.74. The molecular formula is C15H22N2O2. The minimum Gasteiger partial charge on any atom is -0.484 e. The molecular weight excluding hydrogens is 240 g/mol. The number of rotatable bonds is 4. The van der Waals surface area contributed by atoms with Gasteiger partial charge in [0.15, 0.2) is 6.61 Å². The molecule has 1 saturated heterocycles. The fourth-order valence-electron chi connectivity index (χ4n) is 2.32. The molecule has 0 aromatic heterocycles. The topological polar surface area (TPSA) is 55.6 Å². The summed E-state index contributed by atoms with van der Waals surface area (Å²) in [6, 6.07) is 7.59. The Labute approximate surface area is 114 Å². The maximum atomic E-state index is 12.1. The molecule has 19 heavy (non-hydrogen) atoms. The van der Waals surface area contributed by atoms with Gasteiger partial charge in [-0.2, -0.15) is 0 Å². The summed E-state index contributed by atoms with van der Waals surface area (Å²) in [4.78, 5) is 14.0. The molecule has 0 unspecified atom stereocenters. The van der Waals surface area contributed by atoms with Gasteiger partial charge in [0.05, 0.1) is 0 Å². The van der Waals surface area contributed by atoms with Crippen molar-refractivity contribution >= 4 is 5.91 Å². The van der Waals surface area contributed by atoms with Crippen molar-refractivity contribution in [3.8, 4) is 5.75 Å². The predicted octanol–water partition coefficient (Wildman–Crippen LogP) is 1.93. The van der Waals surface area contributed by atoms with Gasteiger partial charge in [0.2, 0.25) is 0 Å². The second-order valence-corrected chi connectivity index (χ2v) is 4.94. The van der Waals surface area contributed by atoms with Gasteiger partial charge in [0, 0.05) is 19.6 Å². The van der Waals surface area contributed by atoms with E-state index in [1.807, 2.05) is 29.2 Å². The zero-order chi connectivity index (χ0) is 13.5. The molecule has 0 aliphatic carbocycles. The molecule has 0 bridgehead atoms. The number of amides is 1. The van der Waals surface area contributed by atoms with Gasteiger partial charge in [-0.25, -0.2) is 0 Å². The van der Waals surface area contributed by atoms with Crippen LogP contribution in [0.2, 0.25) is 0 Å². The lowest BCUT2D eigenvalue weighted by atomic mass is 10.2. The van der Waals surface area contributed by atoms with Gasteiger partial charge in [-0.1, -0.05) is 25.0 Å². The van der Waals surface area contributed by atoms with Crippen LogP contribution in [-0.4, -0.2) is 30.5 Å². The molecule has 2 N–H and O–H groups in total. The van der Waals surface area contributed by atoms with Crippen molar-refractivity contribution < 1.29 is 9.53 Å². The number of carbonyl (C=O) groups is 1. The molecule has 2 rings (SSSR count). The summed E-state index contributed by atoms with van der Waals surface area (Å²) in [7, 11) is 0. The van der Waals surface area contributed by atoms with Gasteiger partial charge >= 0.3 is 0 Å². The van der Waals surface area contributed by atoms with E-state index in [0.717, 1.165) is 31.5 Å². The summed E-state index contributed by atoms with van der Waals surface area (Å²) in [5, 5.41) is 0. The normalized spacial score (nSPS) is 15.9. The summed E-state index contributed by atoms with van der Waals surface area (Å²) in [5.41, 5.74) is 6.59. The number of benzene rings is 1. The highest BCUT2D eigenvalue weighted by Crippen LogP contribution is 2.14. The molecule has 4 heteroatoms. The van der Waals surface area contributed by atoms with Crippen LogP contribution in [-0.2, 0) is 11.3 Å². The molecule has 0 spiro atoms. The third-order valence-electron chi connectivity index (χ3n) is 3.46. The van der Waals surface area contributed by atoms with E-state index in [2.05, 4.69) is 0 Å². The summed E-state index contributed by atoms with van der Waals surface area (Å²) < 4.78 is 5.56. The van der Waals surface area contributed by atoms with Crippen molar-refractivity contribution in [3.05, 3.63) is 29.8 Å². The van der Waals surface area contributed by atoms with Crippen LogP contribution in [0.3, 0.4) is 0 Å². The molecule has 1 fully saturated rings. The molecule has 1 aliphatic heterocycles. The first kappa shape index (κ1) is 13.9. The Morgan fingerprint density at radius 3 is 2.63 bits per heavy atom. The molecule has 1 heterocycles. The van der Waals surface area contributed by atoms with E-state index >= 15 is 0 Å². The zero-order valence-electron chi connectivity index (χ0n) is 11.3. The van der Waals surface area contributed by atoms with E-state index < -0.39 is 0 Å². The number of nitrogens with two attached hydrogens (primary N) is 1. The minimum absolute atomic E-state index is 0.0834. The van der Waals surface area contributed by atoms with Gasteiger partial charge in [-0.3, -0.25) is 4.79 Å². The SMILES string of the molecule is NCc1cccc(OCC(=O)N2CCCCCC2)c1. The minimum atomic E-state index is 0.0834. The molecule has 0 atom stereocenters. The monoisotopic (exact) mass is 262 g/mol. The van der Waals surface area contributed by atoms with Crippen molar-refractivity contribution in [3.63, 3.8) is 0 Å². The molecule has 1 aliphatic rings. The van der Waals surface area contributed by atoms with Crippen molar-refractivity contribution in [2.75, 3.05) is 19.7 Å². The fraction of sp³-hybridized carbons (Fsp3) is 0.533. The van der Waals surface area contributed by atoms with Gasteiger partial charge in [-0.05, 0) is 30.5 Å². The molecule has 1 aromatic rings. The van der Waals surface area contributed by atoms with E-state index in [1.54, 1.807) is 0 Å². The van der Waals surface area contributed by atoms with Crippen LogP contribution in [0.5, 0.6) is 5.75 Å². The first-order valence-corrected chi connectivity index (χ1v) is 6.99. The molecule has 4 nitrogen and oxygen atoms in total. The highest BCUT2D eigenvalue weighted by atomic mass is 16.5. The number of hydrogen-bond donors (Lipinski definition) is 1. The molecule has 0 saturated carbocycles. The van der Waals surface area contributed by atoms with Crippen LogP contribution in [0, 0.1) is 0 Å². The Kier molecular flexibility index (Phi) is 5.21. The Hall–Kier alpha value is -1.55. The standard InChI is InChI=1S/C15H22N2O2/c16-11-13-6-5-7-14(10-13)19-12-15(18)17-8-3-1-2-4-9-17/h5-7,10H,1-4,8-9,11-12,16H2. The lowest BCUT2D eigenvalue weighted by Crippen LogP contribution is -2.35. The van der Waals surface area contributed by atoms with Crippen LogP contribution in [0.25, 0.3) is 0 Å². The van der Waals surface area contributed by atoms with E-state index in [1.165, 1.54) is 12.8 Å². The van der Waals surface area contributed by atoms with Gasteiger partial charge in [-0.15, -0.1) is 0 Å². The maximum Gasteiger partial charge on any atom is 0.260 e. The Morgan fingerprint density at radius 1 is 1.21 bits per heavy atom. The molecule has 104 valence electrons. The third-order valence-corrected chi connectivity index (χ3v) is 3.46. The first-order chi connectivity index (χ1) is 9.29. The lowest BCUT2D eigenvalue weighted by molar-refractivity contribution is -0.133. The van der Waals surface area contributed by atoms with Crippen molar-refractivity contribution in [1.29, 1.82) is 0 Å². The van der Waals surface area contributed by atoms with Crippen molar-refractivity contribution in [1.82, 2.24) is 4.90 Å². The first-order valence-electron chi connectivity index (χ1n) is 6.99. The van der Waals surface area contributed by atoms with Crippen LogP contribution in [0.4, 0.5) is 0 Å². The smallest absolute Gasteiger partial charge is 0.260 e.